The summed E-state index contributed by atoms with van der Waals surface area (Å²) in [6.07, 6.45) is 1.32. The molecule has 4 rings (SSSR count). The molecule has 5 N–H and O–H groups in total. The fraction of sp³-hybridized carbons (Fsp3) is 0.214. The lowest BCUT2D eigenvalue weighted by Gasteiger charge is -2.22. The van der Waals surface area contributed by atoms with E-state index >= 15 is 4.39 Å². The molecule has 0 radical (unpaired) electrons. The third-order valence-electron chi connectivity index (χ3n) is 5.55. The van der Waals surface area contributed by atoms with Crippen LogP contribution in [0.15, 0.2) is 66.9 Å². The first kappa shape index (κ1) is 25.7. The maximum atomic E-state index is 15.9. The summed E-state index contributed by atoms with van der Waals surface area (Å²) in [6.45, 7) is 5.85. The molecular formula is C28H29F2N5O2. The Bertz CT molecular complexity index is 1390. The molecule has 192 valence electrons. The predicted molar refractivity (Wildman–Crippen MR) is 140 cm³/mol. The Morgan fingerprint density at radius 2 is 1.84 bits per heavy atom. The number of hydrogen-bond acceptors (Lipinski definition) is 5. The van der Waals surface area contributed by atoms with Crippen LogP contribution in [-0.2, 0) is 0 Å². The second-order valence-electron chi connectivity index (χ2n) is 8.64. The summed E-state index contributed by atoms with van der Waals surface area (Å²) in [5.74, 6) is -0.197. The van der Waals surface area contributed by atoms with Gasteiger partial charge in [0.25, 0.3) is 0 Å². The highest BCUT2D eigenvalue weighted by Gasteiger charge is 2.26. The number of nitrogen functional groups attached to an aromatic ring is 1. The van der Waals surface area contributed by atoms with Crippen molar-refractivity contribution in [3.8, 4) is 22.8 Å². The Labute approximate surface area is 214 Å². The number of nitrogens with zero attached hydrogens (tertiary/aromatic N) is 1. The molecule has 0 bridgehead atoms. The van der Waals surface area contributed by atoms with Gasteiger partial charge in [0, 0.05) is 34.6 Å². The highest BCUT2D eigenvalue weighted by atomic mass is 19.1. The molecule has 4 aromatic rings. The van der Waals surface area contributed by atoms with E-state index in [4.69, 9.17) is 20.6 Å². The summed E-state index contributed by atoms with van der Waals surface area (Å²) >= 11 is 0. The quantitative estimate of drug-likeness (QED) is 0.156. The number of rotatable bonds is 10. The first-order valence-electron chi connectivity index (χ1n) is 11.9. The van der Waals surface area contributed by atoms with Gasteiger partial charge < -0.3 is 25.5 Å². The Hall–Kier alpha value is -4.40. The molecule has 0 aliphatic carbocycles. The van der Waals surface area contributed by atoms with Gasteiger partial charge in [0.2, 0.25) is 0 Å². The van der Waals surface area contributed by atoms with Crippen LogP contribution in [0, 0.1) is 17.0 Å². The van der Waals surface area contributed by atoms with E-state index in [0.717, 1.165) is 0 Å². The molecule has 0 saturated heterocycles. The molecule has 0 aliphatic heterocycles. The van der Waals surface area contributed by atoms with Gasteiger partial charge in [-0.15, -0.1) is 0 Å². The van der Waals surface area contributed by atoms with Crippen LogP contribution in [0.1, 0.15) is 43.8 Å². The van der Waals surface area contributed by atoms with Crippen molar-refractivity contribution in [3.63, 3.8) is 0 Å². The Morgan fingerprint density at radius 3 is 2.49 bits per heavy atom. The fourth-order valence-electron chi connectivity index (χ4n) is 3.89. The van der Waals surface area contributed by atoms with Crippen LogP contribution in [0.2, 0.25) is 0 Å². The summed E-state index contributed by atoms with van der Waals surface area (Å²) < 4.78 is 41.8. The second-order valence-corrected chi connectivity index (χ2v) is 8.64. The molecule has 3 aromatic carbocycles. The minimum absolute atomic E-state index is 0.0514. The van der Waals surface area contributed by atoms with E-state index in [-0.39, 0.29) is 23.3 Å². The maximum Gasteiger partial charge on any atom is 0.171 e. The number of amidine groups is 1. The van der Waals surface area contributed by atoms with E-state index in [1.54, 1.807) is 54.7 Å². The van der Waals surface area contributed by atoms with Crippen LogP contribution in [0.3, 0.4) is 0 Å². The molecule has 0 amide bonds. The number of H-pyrrole nitrogens is 1. The molecule has 1 unspecified atom stereocenters. The topological polar surface area (TPSA) is 109 Å². The highest BCUT2D eigenvalue weighted by molar-refractivity contribution is 5.95. The average molecular weight is 506 g/mol. The standard InChI is InChI=1S/C28H29F2N5O2/c1-4-36-19-13-21(25(30)24(14-19)37-16(2)3)26(34-18-11-9-17(10-12-18)27(31)32)28-33-15-23(35-28)20-7-5-6-8-22(20)29/h5-16,26,34H,4H2,1-3H3,(H3,31,32)(H,33,35). The Morgan fingerprint density at radius 1 is 1.11 bits per heavy atom. The number of nitrogens with two attached hydrogens (primary N) is 1. The SMILES string of the molecule is CCOc1cc(OC(C)C)c(F)c(C(Nc2ccc(C(=N)N)cc2)c2nc(-c3ccccc3F)c[nH]2)c1. The van der Waals surface area contributed by atoms with Crippen LogP contribution >= 0.6 is 0 Å². The summed E-state index contributed by atoms with van der Waals surface area (Å²) in [5.41, 5.74) is 7.70. The smallest absolute Gasteiger partial charge is 0.171 e. The van der Waals surface area contributed by atoms with Crippen LogP contribution in [0.5, 0.6) is 11.5 Å². The van der Waals surface area contributed by atoms with Crippen molar-refractivity contribution < 1.29 is 18.3 Å². The van der Waals surface area contributed by atoms with Crippen molar-refractivity contribution in [1.82, 2.24) is 9.97 Å². The third kappa shape index (κ3) is 5.88. The second kappa shape index (κ2) is 11.1. The van der Waals surface area contributed by atoms with E-state index in [1.165, 1.54) is 12.1 Å². The molecule has 0 fully saturated rings. The summed E-state index contributed by atoms with van der Waals surface area (Å²) in [7, 11) is 0. The largest absolute Gasteiger partial charge is 0.494 e. The van der Waals surface area contributed by atoms with Crippen LogP contribution in [0.25, 0.3) is 11.3 Å². The lowest BCUT2D eigenvalue weighted by Crippen LogP contribution is -2.18. The van der Waals surface area contributed by atoms with Crippen LogP contribution in [0.4, 0.5) is 14.5 Å². The van der Waals surface area contributed by atoms with E-state index in [0.29, 0.717) is 40.7 Å². The molecule has 9 heteroatoms. The number of hydrogen-bond donors (Lipinski definition) is 4. The number of ether oxygens (including phenoxy) is 2. The van der Waals surface area contributed by atoms with Gasteiger partial charge in [0.1, 0.15) is 29.3 Å². The lowest BCUT2D eigenvalue weighted by atomic mass is 10.0. The van der Waals surface area contributed by atoms with Gasteiger partial charge in [-0.2, -0.15) is 0 Å². The molecule has 0 spiro atoms. The number of anilines is 1. The van der Waals surface area contributed by atoms with Gasteiger partial charge in [-0.3, -0.25) is 5.41 Å². The Kier molecular flexibility index (Phi) is 7.71. The molecule has 1 aromatic heterocycles. The number of halogens is 2. The van der Waals surface area contributed by atoms with E-state index < -0.39 is 17.7 Å². The van der Waals surface area contributed by atoms with Crippen LogP contribution < -0.4 is 20.5 Å². The number of benzene rings is 3. The summed E-state index contributed by atoms with van der Waals surface area (Å²) in [6, 6.07) is 15.5. The predicted octanol–water partition coefficient (Wildman–Crippen LogP) is 6.03. The van der Waals surface area contributed by atoms with Crippen molar-refractivity contribution in [2.45, 2.75) is 32.9 Å². The first-order valence-corrected chi connectivity index (χ1v) is 11.9. The van der Waals surface area contributed by atoms with Crippen molar-refractivity contribution in [1.29, 1.82) is 5.41 Å². The van der Waals surface area contributed by atoms with Gasteiger partial charge in [-0.25, -0.2) is 13.8 Å². The van der Waals surface area contributed by atoms with Crippen molar-refractivity contribution in [3.05, 3.63) is 95.4 Å². The van der Waals surface area contributed by atoms with Crippen LogP contribution in [-0.4, -0.2) is 28.5 Å². The highest BCUT2D eigenvalue weighted by Crippen LogP contribution is 2.36. The molecule has 1 atom stereocenters. The molecular weight excluding hydrogens is 476 g/mol. The zero-order chi connectivity index (χ0) is 26.5. The number of nitrogens with one attached hydrogen (secondary N) is 3. The number of imidazole rings is 1. The van der Waals surface area contributed by atoms with Gasteiger partial charge in [0.05, 0.1) is 18.4 Å². The van der Waals surface area contributed by atoms with Crippen molar-refractivity contribution in [2.24, 2.45) is 5.73 Å². The van der Waals surface area contributed by atoms with Gasteiger partial charge in [-0.05, 0) is 63.2 Å². The monoisotopic (exact) mass is 505 g/mol. The molecule has 0 saturated carbocycles. The summed E-state index contributed by atoms with van der Waals surface area (Å²) in [4.78, 5) is 7.68. The number of aromatic nitrogens is 2. The van der Waals surface area contributed by atoms with E-state index in [1.807, 2.05) is 20.8 Å². The third-order valence-corrected chi connectivity index (χ3v) is 5.55. The van der Waals surface area contributed by atoms with Crippen molar-refractivity contribution >= 4 is 11.5 Å². The molecule has 0 aliphatic rings. The molecule has 1 heterocycles. The zero-order valence-corrected chi connectivity index (χ0v) is 20.8. The Balaban J connectivity index is 1.83. The first-order chi connectivity index (χ1) is 17.8. The van der Waals surface area contributed by atoms with Crippen molar-refractivity contribution in [2.75, 3.05) is 11.9 Å². The molecule has 37 heavy (non-hydrogen) atoms. The minimum Gasteiger partial charge on any atom is -0.494 e. The normalized spacial score (nSPS) is 11.8. The van der Waals surface area contributed by atoms with Gasteiger partial charge in [-0.1, -0.05) is 12.1 Å². The summed E-state index contributed by atoms with van der Waals surface area (Å²) in [5, 5.41) is 10.9. The average Bonchev–Trinajstić information content (AvgIpc) is 3.35. The van der Waals surface area contributed by atoms with Gasteiger partial charge >= 0.3 is 0 Å². The number of aromatic amines is 1. The van der Waals surface area contributed by atoms with Gasteiger partial charge in [0.15, 0.2) is 11.6 Å². The fourth-order valence-corrected chi connectivity index (χ4v) is 3.89. The lowest BCUT2D eigenvalue weighted by molar-refractivity contribution is 0.228. The van der Waals surface area contributed by atoms with E-state index in [9.17, 15) is 4.39 Å². The minimum atomic E-state index is -0.821. The maximum absolute atomic E-state index is 15.9. The molecule has 7 nitrogen and oxygen atoms in total. The zero-order valence-electron chi connectivity index (χ0n) is 20.8. The van der Waals surface area contributed by atoms with E-state index in [2.05, 4.69) is 15.3 Å².